The zero-order valence-electron chi connectivity index (χ0n) is 20.0. The van der Waals surface area contributed by atoms with Crippen LogP contribution in [-0.4, -0.2) is 55.4 Å². The summed E-state index contributed by atoms with van der Waals surface area (Å²) < 4.78 is 27.0. The predicted octanol–water partition coefficient (Wildman–Crippen LogP) is 3.38. The number of rotatable bonds is 11. The van der Waals surface area contributed by atoms with Gasteiger partial charge in [-0.05, 0) is 43.5 Å². The Morgan fingerprint density at radius 3 is 2.46 bits per heavy atom. The van der Waals surface area contributed by atoms with E-state index in [1.807, 2.05) is 13.0 Å². The van der Waals surface area contributed by atoms with Crippen molar-refractivity contribution in [3.05, 3.63) is 68.2 Å². The minimum absolute atomic E-state index is 0.0283. The van der Waals surface area contributed by atoms with Gasteiger partial charge in [-0.3, -0.25) is 24.0 Å². The van der Waals surface area contributed by atoms with Crippen LogP contribution in [-0.2, 0) is 26.2 Å². The van der Waals surface area contributed by atoms with Crippen molar-refractivity contribution in [1.82, 2.24) is 10.2 Å². The van der Waals surface area contributed by atoms with Gasteiger partial charge in [-0.1, -0.05) is 41.1 Å². The number of nitro benzene ring substituents is 1. The highest BCUT2D eigenvalue weighted by Crippen LogP contribution is 2.28. The summed E-state index contributed by atoms with van der Waals surface area (Å²) >= 11 is 3.39. The van der Waals surface area contributed by atoms with Crippen LogP contribution in [0.25, 0.3) is 0 Å². The summed E-state index contributed by atoms with van der Waals surface area (Å²) in [5.41, 5.74) is 0.909. The summed E-state index contributed by atoms with van der Waals surface area (Å²) in [5, 5.41) is 14.0. The lowest BCUT2D eigenvalue weighted by molar-refractivity contribution is -0.384. The zero-order valence-corrected chi connectivity index (χ0v) is 22.4. The molecule has 0 aliphatic carbocycles. The van der Waals surface area contributed by atoms with Crippen molar-refractivity contribution in [2.24, 2.45) is 0 Å². The number of halogens is 1. The molecule has 0 saturated carbocycles. The largest absolute Gasteiger partial charge is 0.354 e. The number of sulfonamides is 1. The van der Waals surface area contributed by atoms with E-state index in [-0.39, 0.29) is 23.8 Å². The molecular weight excluding hydrogens is 540 g/mol. The quantitative estimate of drug-likeness (QED) is 0.326. The molecule has 0 aliphatic heterocycles. The normalized spacial score (nSPS) is 12.0. The first kappa shape index (κ1) is 28.2. The van der Waals surface area contributed by atoms with Gasteiger partial charge in [0.15, 0.2) is 0 Å². The SMILES string of the molecule is CCCNC(=O)[C@H](C)N(Cc1cccc(Br)c1)C(=O)CN(c1cc([N+](=O)[O-])ccc1C)S(C)(=O)=O. The van der Waals surface area contributed by atoms with Gasteiger partial charge in [0.2, 0.25) is 21.8 Å². The minimum atomic E-state index is -4.00. The Balaban J connectivity index is 2.47. The molecule has 0 aromatic heterocycles. The van der Waals surface area contributed by atoms with Crippen molar-refractivity contribution < 1.29 is 22.9 Å². The Kier molecular flexibility index (Phi) is 9.78. The van der Waals surface area contributed by atoms with Gasteiger partial charge >= 0.3 is 0 Å². The van der Waals surface area contributed by atoms with Crippen LogP contribution in [0, 0.1) is 17.0 Å². The molecule has 1 N–H and O–H groups in total. The topological polar surface area (TPSA) is 130 Å². The van der Waals surface area contributed by atoms with Crippen LogP contribution in [0.3, 0.4) is 0 Å². The van der Waals surface area contributed by atoms with Crippen LogP contribution in [0.4, 0.5) is 11.4 Å². The van der Waals surface area contributed by atoms with E-state index in [9.17, 15) is 28.1 Å². The number of amides is 2. The molecule has 0 saturated heterocycles. The summed E-state index contributed by atoms with van der Waals surface area (Å²) in [7, 11) is -4.00. The lowest BCUT2D eigenvalue weighted by Gasteiger charge is -2.31. The van der Waals surface area contributed by atoms with Crippen molar-refractivity contribution in [2.45, 2.75) is 39.8 Å². The van der Waals surface area contributed by atoms with Crippen LogP contribution >= 0.6 is 15.9 Å². The third-order valence-electron chi connectivity index (χ3n) is 5.31. The molecule has 0 unspecified atom stereocenters. The molecular formula is C23H29BrN4O6S. The fraction of sp³-hybridized carbons (Fsp3) is 0.391. The molecule has 1 atom stereocenters. The van der Waals surface area contributed by atoms with Crippen LogP contribution in [0.5, 0.6) is 0 Å². The number of hydrogen-bond donors (Lipinski definition) is 1. The number of hydrogen-bond acceptors (Lipinski definition) is 6. The molecule has 2 rings (SSSR count). The first-order chi connectivity index (χ1) is 16.3. The number of non-ortho nitro benzene ring substituents is 1. The summed E-state index contributed by atoms with van der Waals surface area (Å²) in [5.74, 6) is -0.993. The van der Waals surface area contributed by atoms with Crippen LogP contribution in [0.1, 0.15) is 31.4 Å². The Morgan fingerprint density at radius 2 is 1.89 bits per heavy atom. The lowest BCUT2D eigenvalue weighted by atomic mass is 10.1. The van der Waals surface area contributed by atoms with Gasteiger partial charge in [0.25, 0.3) is 5.69 Å². The molecule has 0 fully saturated rings. The van der Waals surface area contributed by atoms with Crippen molar-refractivity contribution in [3.63, 3.8) is 0 Å². The maximum absolute atomic E-state index is 13.5. The lowest BCUT2D eigenvalue weighted by Crippen LogP contribution is -2.51. The second kappa shape index (κ2) is 12.1. The fourth-order valence-corrected chi connectivity index (χ4v) is 4.73. The van der Waals surface area contributed by atoms with Gasteiger partial charge in [-0.15, -0.1) is 0 Å². The van der Waals surface area contributed by atoms with E-state index in [0.29, 0.717) is 18.5 Å². The van der Waals surface area contributed by atoms with E-state index in [1.165, 1.54) is 17.0 Å². The van der Waals surface area contributed by atoms with E-state index in [1.54, 1.807) is 32.0 Å². The second-order valence-electron chi connectivity index (χ2n) is 8.12. The minimum Gasteiger partial charge on any atom is -0.354 e. The summed E-state index contributed by atoms with van der Waals surface area (Å²) in [4.78, 5) is 38.1. The zero-order chi connectivity index (χ0) is 26.3. The summed E-state index contributed by atoms with van der Waals surface area (Å²) in [6.07, 6.45) is 1.64. The van der Waals surface area contributed by atoms with E-state index in [2.05, 4.69) is 21.2 Å². The van der Waals surface area contributed by atoms with Crippen LogP contribution in [0.2, 0.25) is 0 Å². The molecule has 0 aliphatic rings. The highest BCUT2D eigenvalue weighted by molar-refractivity contribution is 9.10. The predicted molar refractivity (Wildman–Crippen MR) is 137 cm³/mol. The molecule has 0 spiro atoms. The third kappa shape index (κ3) is 7.76. The second-order valence-corrected chi connectivity index (χ2v) is 10.9. The van der Waals surface area contributed by atoms with Crippen LogP contribution in [0.15, 0.2) is 46.9 Å². The standard InChI is InChI=1S/C23H29BrN4O6S/c1-5-11-25-23(30)17(3)26(14-18-7-6-8-19(24)12-18)22(29)15-27(35(4,33)34)21-13-20(28(31)32)10-9-16(21)2/h6-10,12-13,17H,5,11,14-15H2,1-4H3,(H,25,30)/t17-/m0/s1. The molecule has 2 aromatic rings. The van der Waals surface area contributed by atoms with E-state index in [0.717, 1.165) is 26.7 Å². The third-order valence-corrected chi connectivity index (χ3v) is 6.93. The van der Waals surface area contributed by atoms with Crippen molar-refractivity contribution >= 4 is 49.1 Å². The average molecular weight is 569 g/mol. The van der Waals surface area contributed by atoms with Crippen molar-refractivity contribution in [3.8, 4) is 0 Å². The van der Waals surface area contributed by atoms with Gasteiger partial charge in [0.05, 0.1) is 16.9 Å². The smallest absolute Gasteiger partial charge is 0.271 e. The van der Waals surface area contributed by atoms with Gasteiger partial charge in [-0.2, -0.15) is 0 Å². The average Bonchev–Trinajstić information content (AvgIpc) is 2.78. The van der Waals surface area contributed by atoms with E-state index in [4.69, 9.17) is 0 Å². The Bertz CT molecular complexity index is 1200. The Labute approximate surface area is 213 Å². The first-order valence-corrected chi connectivity index (χ1v) is 13.5. The number of nitrogens with zero attached hydrogens (tertiary/aromatic N) is 3. The molecule has 0 heterocycles. The molecule has 2 amide bonds. The number of carbonyl (C=O) groups is 2. The summed E-state index contributed by atoms with van der Waals surface area (Å²) in [6, 6.07) is 10.1. The number of aryl methyl sites for hydroxylation is 1. The maximum atomic E-state index is 13.5. The molecule has 2 aromatic carbocycles. The number of nitro groups is 1. The van der Waals surface area contributed by atoms with Crippen LogP contribution < -0.4 is 9.62 Å². The number of nitrogens with one attached hydrogen (secondary N) is 1. The van der Waals surface area contributed by atoms with Crippen molar-refractivity contribution in [2.75, 3.05) is 23.7 Å². The number of anilines is 1. The Morgan fingerprint density at radius 1 is 1.20 bits per heavy atom. The molecule has 35 heavy (non-hydrogen) atoms. The molecule has 10 nitrogen and oxygen atoms in total. The van der Waals surface area contributed by atoms with E-state index >= 15 is 0 Å². The molecule has 12 heteroatoms. The molecule has 0 radical (unpaired) electrons. The summed E-state index contributed by atoms with van der Waals surface area (Å²) in [6.45, 7) is 4.95. The Hall–Kier alpha value is -2.99. The first-order valence-electron chi connectivity index (χ1n) is 10.9. The molecule has 190 valence electrons. The monoisotopic (exact) mass is 568 g/mol. The number of carbonyl (C=O) groups excluding carboxylic acids is 2. The van der Waals surface area contributed by atoms with Gasteiger partial charge in [0, 0.05) is 29.7 Å². The van der Waals surface area contributed by atoms with Crippen molar-refractivity contribution in [1.29, 1.82) is 0 Å². The van der Waals surface area contributed by atoms with Gasteiger partial charge in [-0.25, -0.2) is 8.42 Å². The van der Waals surface area contributed by atoms with E-state index < -0.39 is 33.4 Å². The highest BCUT2D eigenvalue weighted by Gasteiger charge is 2.31. The molecule has 0 bridgehead atoms. The van der Waals surface area contributed by atoms with Gasteiger partial charge in [0.1, 0.15) is 12.6 Å². The number of benzene rings is 2. The fourth-order valence-electron chi connectivity index (χ4n) is 3.39. The van der Waals surface area contributed by atoms with Gasteiger partial charge < -0.3 is 10.2 Å². The maximum Gasteiger partial charge on any atom is 0.271 e. The highest BCUT2D eigenvalue weighted by atomic mass is 79.9.